The van der Waals surface area contributed by atoms with Gasteiger partial charge in [-0.25, -0.2) is 0 Å². The van der Waals surface area contributed by atoms with E-state index in [4.69, 9.17) is 4.74 Å². The second-order valence-electron chi connectivity index (χ2n) is 6.39. The van der Waals surface area contributed by atoms with E-state index in [1.54, 1.807) is 0 Å². The van der Waals surface area contributed by atoms with Crippen LogP contribution < -0.4 is 0 Å². The van der Waals surface area contributed by atoms with Gasteiger partial charge in [-0.15, -0.1) is 0 Å². The fourth-order valence-electron chi connectivity index (χ4n) is 2.30. The number of rotatable bonds is 8. The molecule has 0 bridgehead atoms. The molecule has 0 saturated carbocycles. The Morgan fingerprint density at radius 2 is 1.50 bits per heavy atom. The summed E-state index contributed by atoms with van der Waals surface area (Å²) in [7, 11) is 0. The first kappa shape index (κ1) is 17.5. The maximum absolute atomic E-state index is 12.3. The molecule has 0 amide bonds. The van der Waals surface area contributed by atoms with Gasteiger partial charge in [-0.05, 0) is 37.0 Å². The van der Waals surface area contributed by atoms with E-state index in [-0.39, 0.29) is 22.7 Å². The minimum atomic E-state index is -0.00905. The first-order valence-electron chi connectivity index (χ1n) is 7.43. The zero-order valence-corrected chi connectivity index (χ0v) is 13.4. The standard InChI is InChI=1S/C16H32O2/c1-8-15(5,6)12-13(14(17)18-11-4)16(7,9-2)10-3/h13H,8-12H2,1-7H3. The fourth-order valence-corrected chi connectivity index (χ4v) is 2.30. The fraction of sp³-hybridized carbons (Fsp3) is 0.938. The average Bonchev–Trinajstić information content (AvgIpc) is 2.35. The normalized spacial score (nSPS) is 14.4. The van der Waals surface area contributed by atoms with Crippen LogP contribution in [0.4, 0.5) is 0 Å². The third kappa shape index (κ3) is 4.62. The third-order valence-electron chi connectivity index (χ3n) is 4.74. The molecule has 0 rings (SSSR count). The van der Waals surface area contributed by atoms with Crippen molar-refractivity contribution < 1.29 is 9.53 Å². The number of carbonyl (C=O) groups excluding carboxylic acids is 1. The largest absolute Gasteiger partial charge is 0.466 e. The van der Waals surface area contributed by atoms with Gasteiger partial charge >= 0.3 is 5.97 Å². The van der Waals surface area contributed by atoms with Crippen molar-refractivity contribution in [2.24, 2.45) is 16.7 Å². The zero-order chi connectivity index (χ0) is 14.4. The van der Waals surface area contributed by atoms with Gasteiger partial charge in [0.15, 0.2) is 0 Å². The molecule has 0 aliphatic carbocycles. The Hall–Kier alpha value is -0.530. The van der Waals surface area contributed by atoms with E-state index in [9.17, 15) is 4.79 Å². The van der Waals surface area contributed by atoms with E-state index < -0.39 is 0 Å². The molecule has 2 nitrogen and oxygen atoms in total. The average molecular weight is 256 g/mol. The minimum absolute atomic E-state index is 0.00905. The Morgan fingerprint density at radius 1 is 1.00 bits per heavy atom. The number of esters is 1. The highest BCUT2D eigenvalue weighted by atomic mass is 16.5. The molecule has 0 radical (unpaired) electrons. The maximum Gasteiger partial charge on any atom is 0.309 e. The van der Waals surface area contributed by atoms with Crippen molar-refractivity contribution in [3.05, 3.63) is 0 Å². The van der Waals surface area contributed by atoms with Crippen LogP contribution in [0.2, 0.25) is 0 Å². The van der Waals surface area contributed by atoms with Crippen LogP contribution in [0.1, 0.15) is 74.1 Å². The summed E-state index contributed by atoms with van der Waals surface area (Å²) < 4.78 is 5.31. The van der Waals surface area contributed by atoms with Crippen molar-refractivity contribution in [3.63, 3.8) is 0 Å². The highest BCUT2D eigenvalue weighted by Crippen LogP contribution is 2.43. The molecule has 1 unspecified atom stereocenters. The second-order valence-corrected chi connectivity index (χ2v) is 6.39. The summed E-state index contributed by atoms with van der Waals surface area (Å²) in [6.45, 7) is 15.6. The first-order chi connectivity index (χ1) is 8.26. The van der Waals surface area contributed by atoms with Crippen LogP contribution in [0.15, 0.2) is 0 Å². The molecule has 0 spiro atoms. The molecule has 0 aliphatic heterocycles. The summed E-state index contributed by atoms with van der Waals surface area (Å²) in [5, 5.41) is 0. The van der Waals surface area contributed by atoms with E-state index in [1.807, 2.05) is 6.92 Å². The topological polar surface area (TPSA) is 26.3 Å². The molecule has 0 aliphatic rings. The van der Waals surface area contributed by atoms with Gasteiger partial charge in [0.2, 0.25) is 0 Å². The smallest absolute Gasteiger partial charge is 0.309 e. The Morgan fingerprint density at radius 3 is 1.83 bits per heavy atom. The van der Waals surface area contributed by atoms with Crippen LogP contribution in [0.5, 0.6) is 0 Å². The predicted octanol–water partition coefficient (Wildman–Crippen LogP) is 4.82. The van der Waals surface area contributed by atoms with Crippen LogP contribution in [0, 0.1) is 16.7 Å². The molecule has 0 saturated heterocycles. The molecule has 2 heteroatoms. The molecule has 1 atom stereocenters. The van der Waals surface area contributed by atoms with E-state index in [0.717, 1.165) is 25.7 Å². The van der Waals surface area contributed by atoms with E-state index in [0.29, 0.717) is 6.61 Å². The van der Waals surface area contributed by atoms with E-state index in [1.165, 1.54) is 0 Å². The van der Waals surface area contributed by atoms with Gasteiger partial charge in [0.05, 0.1) is 12.5 Å². The number of carbonyl (C=O) groups is 1. The Kier molecular flexibility index (Phi) is 6.94. The number of hydrogen-bond donors (Lipinski definition) is 0. The lowest BCUT2D eigenvalue weighted by Crippen LogP contribution is -2.37. The van der Waals surface area contributed by atoms with Crippen LogP contribution in [0.3, 0.4) is 0 Å². The monoisotopic (exact) mass is 256 g/mol. The summed E-state index contributed by atoms with van der Waals surface area (Å²) in [5.74, 6) is 0.00706. The summed E-state index contributed by atoms with van der Waals surface area (Å²) in [6, 6.07) is 0. The molecule has 0 aromatic carbocycles. The van der Waals surface area contributed by atoms with E-state index >= 15 is 0 Å². The number of ether oxygens (including phenoxy) is 1. The number of hydrogen-bond acceptors (Lipinski definition) is 2. The minimum Gasteiger partial charge on any atom is -0.466 e. The molecule has 0 fully saturated rings. The Balaban J connectivity index is 5.11. The van der Waals surface area contributed by atoms with Crippen LogP contribution in [-0.4, -0.2) is 12.6 Å². The maximum atomic E-state index is 12.3. The Bertz CT molecular complexity index is 252. The SMILES string of the molecule is CCOC(=O)C(CC(C)(C)CC)C(C)(CC)CC. The molecule has 18 heavy (non-hydrogen) atoms. The van der Waals surface area contributed by atoms with Crippen LogP contribution in [-0.2, 0) is 9.53 Å². The van der Waals surface area contributed by atoms with Gasteiger partial charge < -0.3 is 4.74 Å². The lowest BCUT2D eigenvalue weighted by molar-refractivity contribution is -0.154. The lowest BCUT2D eigenvalue weighted by atomic mass is 9.66. The van der Waals surface area contributed by atoms with E-state index in [2.05, 4.69) is 41.5 Å². The van der Waals surface area contributed by atoms with Gasteiger partial charge in [0.1, 0.15) is 0 Å². The van der Waals surface area contributed by atoms with Crippen LogP contribution >= 0.6 is 0 Å². The van der Waals surface area contributed by atoms with Gasteiger partial charge in [0.25, 0.3) is 0 Å². The van der Waals surface area contributed by atoms with Gasteiger partial charge in [-0.1, -0.05) is 48.0 Å². The quantitative estimate of drug-likeness (QED) is 0.582. The molecule has 0 aromatic rings. The summed E-state index contributed by atoms with van der Waals surface area (Å²) in [6.07, 6.45) is 4.05. The van der Waals surface area contributed by atoms with Crippen molar-refractivity contribution in [1.82, 2.24) is 0 Å². The zero-order valence-electron chi connectivity index (χ0n) is 13.4. The summed E-state index contributed by atoms with van der Waals surface area (Å²) in [5.41, 5.74) is 0.252. The molecule has 0 heterocycles. The molecular weight excluding hydrogens is 224 g/mol. The van der Waals surface area contributed by atoms with Crippen molar-refractivity contribution in [2.45, 2.75) is 74.1 Å². The van der Waals surface area contributed by atoms with Gasteiger partial charge in [-0.2, -0.15) is 0 Å². The summed E-state index contributed by atoms with van der Waals surface area (Å²) in [4.78, 5) is 12.3. The first-order valence-corrected chi connectivity index (χ1v) is 7.43. The second kappa shape index (κ2) is 7.16. The highest BCUT2D eigenvalue weighted by Gasteiger charge is 2.40. The Labute approximate surface area is 113 Å². The van der Waals surface area contributed by atoms with Crippen molar-refractivity contribution >= 4 is 5.97 Å². The summed E-state index contributed by atoms with van der Waals surface area (Å²) >= 11 is 0. The lowest BCUT2D eigenvalue weighted by Gasteiger charge is -2.39. The van der Waals surface area contributed by atoms with Crippen molar-refractivity contribution in [3.8, 4) is 0 Å². The predicted molar refractivity (Wildman–Crippen MR) is 77.5 cm³/mol. The molecule has 0 N–H and O–H groups in total. The van der Waals surface area contributed by atoms with Crippen LogP contribution in [0.25, 0.3) is 0 Å². The molecular formula is C16H32O2. The molecule has 0 aromatic heterocycles. The van der Waals surface area contributed by atoms with Crippen molar-refractivity contribution in [1.29, 1.82) is 0 Å². The highest BCUT2D eigenvalue weighted by molar-refractivity contribution is 5.73. The van der Waals surface area contributed by atoms with Gasteiger partial charge in [0, 0.05) is 0 Å². The molecule has 108 valence electrons. The van der Waals surface area contributed by atoms with Gasteiger partial charge in [-0.3, -0.25) is 4.79 Å². The van der Waals surface area contributed by atoms with Crippen molar-refractivity contribution in [2.75, 3.05) is 6.61 Å². The third-order valence-corrected chi connectivity index (χ3v) is 4.74.